The summed E-state index contributed by atoms with van der Waals surface area (Å²) in [6, 6.07) is 6.91. The highest BCUT2D eigenvalue weighted by atomic mass is 19.3. The van der Waals surface area contributed by atoms with E-state index in [-0.39, 0.29) is 0 Å². The maximum atomic E-state index is 13.3. The van der Waals surface area contributed by atoms with Crippen LogP contribution in [0.1, 0.15) is 23.7 Å². The second kappa shape index (κ2) is 4.76. The minimum absolute atomic E-state index is 0.452. The number of aromatic nitrogens is 2. The van der Waals surface area contributed by atoms with Gasteiger partial charge in [0.1, 0.15) is 5.82 Å². The zero-order chi connectivity index (χ0) is 13.2. The molecule has 93 valence electrons. The van der Waals surface area contributed by atoms with Crippen molar-refractivity contribution in [3.05, 3.63) is 65.6 Å². The van der Waals surface area contributed by atoms with E-state index in [9.17, 15) is 13.2 Å². The van der Waals surface area contributed by atoms with Gasteiger partial charge in [0, 0.05) is 19.5 Å². The van der Waals surface area contributed by atoms with Crippen molar-refractivity contribution in [3.8, 4) is 0 Å². The summed E-state index contributed by atoms with van der Waals surface area (Å²) in [5, 5.41) is 7.47. The summed E-state index contributed by atoms with van der Waals surface area (Å²) < 4.78 is 39.6. The third-order valence-electron chi connectivity index (χ3n) is 2.37. The fraction of sp³-hybridized carbons (Fsp3) is 0.154. The highest BCUT2D eigenvalue weighted by molar-refractivity contribution is 5.37. The van der Waals surface area contributed by atoms with Crippen molar-refractivity contribution in [3.63, 3.8) is 0 Å². The van der Waals surface area contributed by atoms with Crippen molar-refractivity contribution in [2.75, 3.05) is 0 Å². The number of alkyl halides is 2. The van der Waals surface area contributed by atoms with Crippen LogP contribution in [0.2, 0.25) is 0 Å². The number of hydrogen-bond donors (Lipinski definition) is 0. The molecule has 1 radical (unpaired) electrons. The normalized spacial score (nSPS) is 11.6. The SMILES string of the molecule is CC(F)(F)c1cc([CH]c2cccnn2)ccc1F. The summed E-state index contributed by atoms with van der Waals surface area (Å²) >= 11 is 0. The molecule has 1 aromatic carbocycles. The maximum Gasteiger partial charge on any atom is 0.273 e. The number of hydrogen-bond acceptors (Lipinski definition) is 2. The lowest BCUT2D eigenvalue weighted by molar-refractivity contribution is 0.0137. The van der Waals surface area contributed by atoms with Gasteiger partial charge in [-0.05, 0) is 29.8 Å². The van der Waals surface area contributed by atoms with E-state index in [1.165, 1.54) is 12.3 Å². The highest BCUT2D eigenvalue weighted by Gasteiger charge is 2.28. The van der Waals surface area contributed by atoms with Gasteiger partial charge in [-0.15, -0.1) is 0 Å². The fourth-order valence-electron chi connectivity index (χ4n) is 1.53. The van der Waals surface area contributed by atoms with Gasteiger partial charge < -0.3 is 0 Å². The molecule has 0 bridgehead atoms. The molecule has 0 N–H and O–H groups in total. The highest BCUT2D eigenvalue weighted by Crippen LogP contribution is 2.30. The Kier molecular flexibility index (Phi) is 3.32. The molecule has 0 unspecified atom stereocenters. The first kappa shape index (κ1) is 12.5. The Morgan fingerprint density at radius 3 is 2.61 bits per heavy atom. The molecular formula is C13H10F3N2. The molecule has 1 aromatic heterocycles. The van der Waals surface area contributed by atoms with Crippen LogP contribution in [0.3, 0.4) is 0 Å². The zero-order valence-electron chi connectivity index (χ0n) is 9.57. The molecule has 0 saturated carbocycles. The van der Waals surface area contributed by atoms with Gasteiger partial charge >= 0.3 is 0 Å². The Hall–Kier alpha value is -1.91. The Morgan fingerprint density at radius 1 is 1.22 bits per heavy atom. The van der Waals surface area contributed by atoms with Crippen LogP contribution in [-0.2, 0) is 5.92 Å². The van der Waals surface area contributed by atoms with Gasteiger partial charge in [-0.2, -0.15) is 10.2 Å². The average molecular weight is 251 g/mol. The van der Waals surface area contributed by atoms with Gasteiger partial charge in [0.05, 0.1) is 11.3 Å². The van der Waals surface area contributed by atoms with Gasteiger partial charge in [0.2, 0.25) is 0 Å². The minimum atomic E-state index is -3.21. The van der Waals surface area contributed by atoms with Crippen molar-refractivity contribution in [2.24, 2.45) is 0 Å². The summed E-state index contributed by atoms with van der Waals surface area (Å²) in [5.74, 6) is -4.13. The number of nitrogens with zero attached hydrogens (tertiary/aromatic N) is 2. The van der Waals surface area contributed by atoms with Gasteiger partial charge in [-0.1, -0.05) is 6.07 Å². The van der Waals surface area contributed by atoms with Crippen LogP contribution >= 0.6 is 0 Å². The largest absolute Gasteiger partial charge is 0.273 e. The number of halogens is 3. The van der Waals surface area contributed by atoms with E-state index in [1.54, 1.807) is 18.6 Å². The molecule has 0 aliphatic rings. The Bertz CT molecular complexity index is 536. The van der Waals surface area contributed by atoms with E-state index in [2.05, 4.69) is 10.2 Å². The second-order valence-electron chi connectivity index (χ2n) is 3.92. The predicted molar refractivity (Wildman–Crippen MR) is 60.5 cm³/mol. The summed E-state index contributed by atoms with van der Waals surface area (Å²) in [6.07, 6.45) is 3.06. The van der Waals surface area contributed by atoms with Crippen molar-refractivity contribution < 1.29 is 13.2 Å². The Balaban J connectivity index is 2.31. The molecule has 0 fully saturated rings. The smallest absolute Gasteiger partial charge is 0.206 e. The van der Waals surface area contributed by atoms with Crippen molar-refractivity contribution in [1.29, 1.82) is 0 Å². The van der Waals surface area contributed by atoms with E-state index in [1.807, 2.05) is 0 Å². The Morgan fingerprint density at radius 2 is 2.00 bits per heavy atom. The topological polar surface area (TPSA) is 25.8 Å². The molecule has 1 heterocycles. The average Bonchev–Trinajstić information content (AvgIpc) is 2.31. The molecule has 2 nitrogen and oxygen atoms in total. The minimum Gasteiger partial charge on any atom is -0.206 e. The van der Waals surface area contributed by atoms with Crippen LogP contribution in [0.4, 0.5) is 13.2 Å². The summed E-state index contributed by atoms with van der Waals surface area (Å²) in [4.78, 5) is 0. The molecule has 0 aliphatic carbocycles. The van der Waals surface area contributed by atoms with Gasteiger partial charge in [-0.25, -0.2) is 13.2 Å². The van der Waals surface area contributed by atoms with Gasteiger partial charge in [-0.3, -0.25) is 0 Å². The molecule has 0 aliphatic heterocycles. The first-order valence-electron chi connectivity index (χ1n) is 5.27. The maximum absolute atomic E-state index is 13.3. The van der Waals surface area contributed by atoms with Crippen LogP contribution in [-0.4, -0.2) is 10.2 Å². The van der Waals surface area contributed by atoms with E-state index in [4.69, 9.17) is 0 Å². The Labute approximate surface area is 102 Å². The molecule has 0 saturated heterocycles. The summed E-state index contributed by atoms with van der Waals surface area (Å²) in [7, 11) is 0. The molecule has 0 spiro atoms. The van der Waals surface area contributed by atoms with E-state index < -0.39 is 17.3 Å². The molecule has 18 heavy (non-hydrogen) atoms. The molecule has 2 aromatic rings. The summed E-state index contributed by atoms with van der Waals surface area (Å²) in [6.45, 7) is 0.664. The van der Waals surface area contributed by atoms with Crippen LogP contribution in [0.15, 0.2) is 36.5 Å². The monoisotopic (exact) mass is 251 g/mol. The third-order valence-corrected chi connectivity index (χ3v) is 2.37. The van der Waals surface area contributed by atoms with E-state index >= 15 is 0 Å². The van der Waals surface area contributed by atoms with Crippen LogP contribution in [0.25, 0.3) is 0 Å². The van der Waals surface area contributed by atoms with Crippen molar-refractivity contribution in [2.45, 2.75) is 12.8 Å². The number of rotatable bonds is 3. The first-order chi connectivity index (χ1) is 8.47. The standard InChI is InChI=1S/C13H10F3N2/c1-13(15,16)11-8-9(4-5-12(11)14)7-10-3-2-6-17-18-10/h2-8H,1H3. The summed E-state index contributed by atoms with van der Waals surface area (Å²) in [5.41, 5.74) is 0.350. The van der Waals surface area contributed by atoms with E-state index in [0.717, 1.165) is 12.1 Å². The fourth-order valence-corrected chi connectivity index (χ4v) is 1.53. The second-order valence-corrected chi connectivity index (χ2v) is 3.92. The van der Waals surface area contributed by atoms with Crippen molar-refractivity contribution in [1.82, 2.24) is 10.2 Å². The van der Waals surface area contributed by atoms with Gasteiger partial charge in [0.25, 0.3) is 5.92 Å². The lowest BCUT2D eigenvalue weighted by Crippen LogP contribution is -2.10. The lowest BCUT2D eigenvalue weighted by Gasteiger charge is -2.12. The van der Waals surface area contributed by atoms with Crippen molar-refractivity contribution >= 4 is 0 Å². The number of benzene rings is 1. The molecule has 0 amide bonds. The lowest BCUT2D eigenvalue weighted by atomic mass is 10.0. The first-order valence-corrected chi connectivity index (χ1v) is 5.27. The van der Waals surface area contributed by atoms with Crippen LogP contribution in [0, 0.1) is 12.2 Å². The van der Waals surface area contributed by atoms with Crippen LogP contribution in [0.5, 0.6) is 0 Å². The quantitative estimate of drug-likeness (QED) is 0.836. The predicted octanol–water partition coefficient (Wildman–Crippen LogP) is 3.33. The molecular weight excluding hydrogens is 241 g/mol. The third kappa shape index (κ3) is 2.85. The molecule has 5 heteroatoms. The zero-order valence-corrected chi connectivity index (χ0v) is 9.57. The van der Waals surface area contributed by atoms with Crippen LogP contribution < -0.4 is 0 Å². The van der Waals surface area contributed by atoms with Gasteiger partial charge in [0.15, 0.2) is 0 Å². The van der Waals surface area contributed by atoms with E-state index in [0.29, 0.717) is 18.2 Å². The molecule has 0 atom stereocenters. The molecule has 2 rings (SSSR count).